The maximum Gasteiger partial charge on any atom is 0.137 e. The topological polar surface area (TPSA) is 34.6 Å². The molecule has 1 saturated heterocycles. The molecule has 1 unspecified atom stereocenters. The summed E-state index contributed by atoms with van der Waals surface area (Å²) in [5.74, 6) is 0.723. The summed E-state index contributed by atoms with van der Waals surface area (Å²) in [6, 6.07) is 3.52. The Kier molecular flexibility index (Phi) is 3.98. The molecule has 1 aliphatic rings. The van der Waals surface area contributed by atoms with Gasteiger partial charge in [-0.15, -0.1) is 0 Å². The minimum absolute atomic E-state index is 0.134. The van der Waals surface area contributed by atoms with Gasteiger partial charge in [-0.05, 0) is 19.2 Å². The summed E-state index contributed by atoms with van der Waals surface area (Å²) in [5.41, 5.74) is 0. The lowest BCUT2D eigenvalue weighted by molar-refractivity contribution is -0.0403. The molecule has 4 nitrogen and oxygen atoms in total. The van der Waals surface area contributed by atoms with Crippen LogP contribution in [0, 0.1) is 0 Å². The first-order chi connectivity index (χ1) is 7.74. The van der Waals surface area contributed by atoms with Crippen LogP contribution in [0.3, 0.4) is 0 Å². The van der Waals surface area contributed by atoms with E-state index in [4.69, 9.17) is 21.1 Å². The molecule has 88 valence electrons. The number of hydrogen-bond donors (Lipinski definition) is 0. The molecule has 0 saturated carbocycles. The molecule has 16 heavy (non-hydrogen) atoms. The number of halogens is 1. The number of pyridine rings is 1. The SMILES string of the molecule is CN1CCOC(COc2ccc(Cl)nc2)C1. The van der Waals surface area contributed by atoms with Crippen LogP contribution in [0.4, 0.5) is 0 Å². The Balaban J connectivity index is 1.80. The highest BCUT2D eigenvalue weighted by Crippen LogP contribution is 2.13. The fraction of sp³-hybridized carbons (Fsp3) is 0.545. The van der Waals surface area contributed by atoms with Crippen LogP contribution >= 0.6 is 11.6 Å². The highest BCUT2D eigenvalue weighted by molar-refractivity contribution is 6.29. The monoisotopic (exact) mass is 242 g/mol. The number of nitrogens with zero attached hydrogens (tertiary/aromatic N) is 2. The van der Waals surface area contributed by atoms with Gasteiger partial charge in [-0.2, -0.15) is 0 Å². The molecule has 1 atom stereocenters. The first kappa shape index (κ1) is 11.6. The van der Waals surface area contributed by atoms with E-state index in [1.54, 1.807) is 12.3 Å². The van der Waals surface area contributed by atoms with Crippen molar-refractivity contribution in [2.75, 3.05) is 33.4 Å². The number of morpholine rings is 1. The van der Waals surface area contributed by atoms with Gasteiger partial charge in [-0.1, -0.05) is 11.6 Å². The van der Waals surface area contributed by atoms with Crippen molar-refractivity contribution < 1.29 is 9.47 Å². The second-order valence-electron chi connectivity index (χ2n) is 3.88. The number of aromatic nitrogens is 1. The van der Waals surface area contributed by atoms with E-state index in [0.717, 1.165) is 25.4 Å². The highest BCUT2D eigenvalue weighted by atomic mass is 35.5. The lowest BCUT2D eigenvalue weighted by atomic mass is 10.3. The Morgan fingerprint density at radius 2 is 2.50 bits per heavy atom. The fourth-order valence-corrected chi connectivity index (χ4v) is 1.72. The lowest BCUT2D eigenvalue weighted by Gasteiger charge is -2.29. The lowest BCUT2D eigenvalue weighted by Crippen LogP contribution is -2.42. The summed E-state index contributed by atoms with van der Waals surface area (Å²) in [7, 11) is 2.08. The molecular formula is C11H15ClN2O2. The minimum atomic E-state index is 0.134. The van der Waals surface area contributed by atoms with Crippen molar-refractivity contribution in [1.29, 1.82) is 0 Å². The van der Waals surface area contributed by atoms with E-state index in [2.05, 4.69) is 16.9 Å². The van der Waals surface area contributed by atoms with E-state index in [9.17, 15) is 0 Å². The van der Waals surface area contributed by atoms with Crippen LogP contribution in [0.2, 0.25) is 5.15 Å². The van der Waals surface area contributed by atoms with Crippen molar-refractivity contribution in [1.82, 2.24) is 9.88 Å². The zero-order valence-corrected chi connectivity index (χ0v) is 9.98. The first-order valence-corrected chi connectivity index (χ1v) is 5.66. The Hall–Kier alpha value is -0.840. The predicted molar refractivity (Wildman–Crippen MR) is 62.0 cm³/mol. The summed E-state index contributed by atoms with van der Waals surface area (Å²) in [6.45, 7) is 3.21. The van der Waals surface area contributed by atoms with E-state index >= 15 is 0 Å². The van der Waals surface area contributed by atoms with Gasteiger partial charge in [-0.25, -0.2) is 4.98 Å². The second kappa shape index (κ2) is 5.48. The third-order valence-corrected chi connectivity index (χ3v) is 2.70. The fourth-order valence-electron chi connectivity index (χ4n) is 1.60. The summed E-state index contributed by atoms with van der Waals surface area (Å²) in [6.07, 6.45) is 1.75. The van der Waals surface area contributed by atoms with Gasteiger partial charge in [-0.3, -0.25) is 0 Å². The summed E-state index contributed by atoms with van der Waals surface area (Å²) < 4.78 is 11.2. The first-order valence-electron chi connectivity index (χ1n) is 5.28. The van der Waals surface area contributed by atoms with Gasteiger partial charge in [0.15, 0.2) is 0 Å². The molecule has 1 aromatic rings. The van der Waals surface area contributed by atoms with Crippen molar-refractivity contribution in [2.45, 2.75) is 6.10 Å². The zero-order valence-electron chi connectivity index (χ0n) is 9.23. The molecule has 0 aromatic carbocycles. The third-order valence-electron chi connectivity index (χ3n) is 2.48. The van der Waals surface area contributed by atoms with Crippen LogP contribution in [-0.2, 0) is 4.74 Å². The van der Waals surface area contributed by atoms with Crippen LogP contribution in [0.15, 0.2) is 18.3 Å². The quantitative estimate of drug-likeness (QED) is 0.752. The molecule has 2 rings (SSSR count). The second-order valence-corrected chi connectivity index (χ2v) is 4.27. The van der Waals surface area contributed by atoms with Gasteiger partial charge in [0.1, 0.15) is 23.6 Å². The van der Waals surface area contributed by atoms with E-state index in [-0.39, 0.29) is 6.10 Å². The van der Waals surface area contributed by atoms with Crippen molar-refractivity contribution in [3.8, 4) is 5.75 Å². The van der Waals surface area contributed by atoms with Gasteiger partial charge in [0.25, 0.3) is 0 Å². The molecule has 1 aromatic heterocycles. The van der Waals surface area contributed by atoms with Crippen molar-refractivity contribution in [2.24, 2.45) is 0 Å². The minimum Gasteiger partial charge on any atom is -0.489 e. The molecular weight excluding hydrogens is 228 g/mol. The Morgan fingerprint density at radius 1 is 1.62 bits per heavy atom. The number of rotatable bonds is 3. The predicted octanol–water partition coefficient (Wildman–Crippen LogP) is 1.44. The van der Waals surface area contributed by atoms with Crippen LogP contribution in [0.5, 0.6) is 5.75 Å². The molecule has 2 heterocycles. The molecule has 1 fully saturated rings. The Morgan fingerprint density at radius 3 is 3.19 bits per heavy atom. The van der Waals surface area contributed by atoms with E-state index in [1.165, 1.54) is 0 Å². The molecule has 0 bridgehead atoms. The molecule has 0 aliphatic carbocycles. The van der Waals surface area contributed by atoms with E-state index < -0.39 is 0 Å². The zero-order chi connectivity index (χ0) is 11.4. The van der Waals surface area contributed by atoms with E-state index in [0.29, 0.717) is 11.8 Å². The average molecular weight is 243 g/mol. The maximum absolute atomic E-state index is 5.68. The number of hydrogen-bond acceptors (Lipinski definition) is 4. The number of ether oxygens (including phenoxy) is 2. The van der Waals surface area contributed by atoms with Crippen molar-refractivity contribution in [3.05, 3.63) is 23.5 Å². The summed E-state index contributed by atoms with van der Waals surface area (Å²) >= 11 is 5.68. The number of likely N-dealkylation sites (N-methyl/N-ethyl adjacent to an activating group) is 1. The standard InChI is InChI=1S/C11H15ClN2O2/c1-14-4-5-15-10(7-14)8-16-9-2-3-11(12)13-6-9/h2-3,6,10H,4-5,7-8H2,1H3. The van der Waals surface area contributed by atoms with E-state index in [1.807, 2.05) is 6.07 Å². The molecule has 5 heteroatoms. The third kappa shape index (κ3) is 3.33. The molecule has 0 radical (unpaired) electrons. The van der Waals surface area contributed by atoms with Crippen molar-refractivity contribution in [3.63, 3.8) is 0 Å². The molecule has 1 aliphatic heterocycles. The molecule has 0 spiro atoms. The largest absolute Gasteiger partial charge is 0.489 e. The van der Waals surface area contributed by atoms with Gasteiger partial charge < -0.3 is 14.4 Å². The average Bonchev–Trinajstić information content (AvgIpc) is 2.28. The van der Waals surface area contributed by atoms with Gasteiger partial charge in [0, 0.05) is 13.1 Å². The summed E-state index contributed by atoms with van der Waals surface area (Å²) in [4.78, 5) is 6.18. The van der Waals surface area contributed by atoms with Crippen LogP contribution in [-0.4, -0.2) is 49.3 Å². The molecule has 0 N–H and O–H groups in total. The van der Waals surface area contributed by atoms with Gasteiger partial charge in [0.05, 0.1) is 12.8 Å². The Labute approximate surface area is 100 Å². The normalized spacial score (nSPS) is 22.0. The van der Waals surface area contributed by atoms with Crippen LogP contribution in [0.25, 0.3) is 0 Å². The molecule has 0 amide bonds. The van der Waals surface area contributed by atoms with Crippen molar-refractivity contribution >= 4 is 11.6 Å². The van der Waals surface area contributed by atoms with Gasteiger partial charge in [0.2, 0.25) is 0 Å². The summed E-state index contributed by atoms with van der Waals surface area (Å²) in [5, 5.41) is 0.473. The Bertz CT molecular complexity index is 331. The van der Waals surface area contributed by atoms with Gasteiger partial charge >= 0.3 is 0 Å². The van der Waals surface area contributed by atoms with Crippen LogP contribution < -0.4 is 4.74 Å². The highest BCUT2D eigenvalue weighted by Gasteiger charge is 2.18. The van der Waals surface area contributed by atoms with Crippen LogP contribution in [0.1, 0.15) is 0 Å². The maximum atomic E-state index is 5.68. The smallest absolute Gasteiger partial charge is 0.137 e.